The lowest BCUT2D eigenvalue weighted by Gasteiger charge is -2.22. The Labute approximate surface area is 158 Å². The van der Waals surface area contributed by atoms with Gasteiger partial charge in [0.1, 0.15) is 11.8 Å². The fraction of sp³-hybridized carbons (Fsp3) is 0.300. The SMILES string of the molecule is COc1ccc(CNC(=O)[C@@H](NC(=O)c2ccccc2Cl)C(C)C)cc1. The van der Waals surface area contributed by atoms with Crippen molar-refractivity contribution in [3.63, 3.8) is 0 Å². The molecule has 0 unspecified atom stereocenters. The topological polar surface area (TPSA) is 67.4 Å². The lowest BCUT2D eigenvalue weighted by molar-refractivity contribution is -0.124. The molecule has 2 N–H and O–H groups in total. The van der Waals surface area contributed by atoms with Crippen molar-refractivity contribution < 1.29 is 14.3 Å². The summed E-state index contributed by atoms with van der Waals surface area (Å²) in [5.74, 6) is 0.0783. The van der Waals surface area contributed by atoms with Gasteiger partial charge in [-0.05, 0) is 35.7 Å². The smallest absolute Gasteiger partial charge is 0.253 e. The Hall–Kier alpha value is -2.53. The van der Waals surface area contributed by atoms with Gasteiger partial charge in [-0.25, -0.2) is 0 Å². The molecule has 0 radical (unpaired) electrons. The minimum atomic E-state index is -0.656. The maximum absolute atomic E-state index is 12.5. The van der Waals surface area contributed by atoms with Gasteiger partial charge in [-0.1, -0.05) is 49.7 Å². The van der Waals surface area contributed by atoms with E-state index in [4.69, 9.17) is 16.3 Å². The molecular formula is C20H23ClN2O3. The quantitative estimate of drug-likeness (QED) is 0.780. The third kappa shape index (κ3) is 5.23. The Morgan fingerprint density at radius 2 is 1.73 bits per heavy atom. The second-order valence-corrected chi connectivity index (χ2v) is 6.65. The fourth-order valence-electron chi connectivity index (χ4n) is 2.44. The van der Waals surface area contributed by atoms with Crippen LogP contribution in [0.15, 0.2) is 48.5 Å². The summed E-state index contributed by atoms with van der Waals surface area (Å²) in [7, 11) is 1.60. The third-order valence-corrected chi connectivity index (χ3v) is 4.31. The molecule has 0 bridgehead atoms. The lowest BCUT2D eigenvalue weighted by atomic mass is 10.0. The zero-order valence-electron chi connectivity index (χ0n) is 15.1. The van der Waals surface area contributed by atoms with E-state index in [9.17, 15) is 9.59 Å². The van der Waals surface area contributed by atoms with E-state index >= 15 is 0 Å². The maximum atomic E-state index is 12.5. The largest absolute Gasteiger partial charge is 0.497 e. The van der Waals surface area contributed by atoms with Gasteiger partial charge in [0.2, 0.25) is 5.91 Å². The van der Waals surface area contributed by atoms with Crippen LogP contribution < -0.4 is 15.4 Å². The number of carbonyl (C=O) groups excluding carboxylic acids is 2. The summed E-state index contributed by atoms with van der Waals surface area (Å²) in [6.45, 7) is 4.13. The van der Waals surface area contributed by atoms with Crippen molar-refractivity contribution in [1.82, 2.24) is 10.6 Å². The number of rotatable bonds is 7. The highest BCUT2D eigenvalue weighted by atomic mass is 35.5. The molecule has 5 nitrogen and oxygen atoms in total. The number of carbonyl (C=O) groups is 2. The third-order valence-electron chi connectivity index (χ3n) is 3.98. The van der Waals surface area contributed by atoms with Crippen LogP contribution in [0.4, 0.5) is 0 Å². The predicted molar refractivity (Wildman–Crippen MR) is 102 cm³/mol. The molecule has 6 heteroatoms. The molecule has 138 valence electrons. The van der Waals surface area contributed by atoms with Crippen LogP contribution in [-0.4, -0.2) is 25.0 Å². The second-order valence-electron chi connectivity index (χ2n) is 6.24. The van der Waals surface area contributed by atoms with E-state index in [2.05, 4.69) is 10.6 Å². The zero-order chi connectivity index (χ0) is 19.1. The average Bonchev–Trinajstić information content (AvgIpc) is 2.64. The number of benzene rings is 2. The number of hydrogen-bond donors (Lipinski definition) is 2. The van der Waals surface area contributed by atoms with Gasteiger partial charge in [0.25, 0.3) is 5.91 Å². The Morgan fingerprint density at radius 1 is 1.08 bits per heavy atom. The molecule has 26 heavy (non-hydrogen) atoms. The number of hydrogen-bond acceptors (Lipinski definition) is 3. The Balaban J connectivity index is 2.00. The van der Waals surface area contributed by atoms with Gasteiger partial charge in [-0.2, -0.15) is 0 Å². The first kappa shape index (κ1) is 19.8. The second kappa shape index (κ2) is 9.25. The van der Waals surface area contributed by atoms with Crippen LogP contribution in [0.3, 0.4) is 0 Å². The molecule has 0 aliphatic rings. The molecule has 2 amide bonds. The van der Waals surface area contributed by atoms with Crippen molar-refractivity contribution in [2.75, 3.05) is 7.11 Å². The number of halogens is 1. The van der Waals surface area contributed by atoms with Crippen molar-refractivity contribution in [2.24, 2.45) is 5.92 Å². The van der Waals surface area contributed by atoms with E-state index in [-0.39, 0.29) is 17.7 Å². The Morgan fingerprint density at radius 3 is 2.31 bits per heavy atom. The summed E-state index contributed by atoms with van der Waals surface area (Å²) >= 11 is 6.06. The molecule has 0 heterocycles. The summed E-state index contributed by atoms with van der Waals surface area (Å²) in [6.07, 6.45) is 0. The minimum Gasteiger partial charge on any atom is -0.497 e. The lowest BCUT2D eigenvalue weighted by Crippen LogP contribution is -2.49. The monoisotopic (exact) mass is 374 g/mol. The van der Waals surface area contributed by atoms with Crippen molar-refractivity contribution in [1.29, 1.82) is 0 Å². The molecule has 0 aliphatic heterocycles. The van der Waals surface area contributed by atoms with E-state index in [0.29, 0.717) is 17.1 Å². The Bertz CT molecular complexity index is 760. The zero-order valence-corrected chi connectivity index (χ0v) is 15.8. The maximum Gasteiger partial charge on any atom is 0.253 e. The van der Waals surface area contributed by atoms with Gasteiger partial charge in [-0.15, -0.1) is 0 Å². The molecule has 0 aromatic heterocycles. The van der Waals surface area contributed by atoms with Crippen LogP contribution in [0.1, 0.15) is 29.8 Å². The van der Waals surface area contributed by atoms with Crippen LogP contribution in [0.25, 0.3) is 0 Å². The highest BCUT2D eigenvalue weighted by Crippen LogP contribution is 2.16. The molecule has 0 saturated carbocycles. The van der Waals surface area contributed by atoms with E-state index in [1.165, 1.54) is 0 Å². The van der Waals surface area contributed by atoms with Crippen molar-refractivity contribution >= 4 is 23.4 Å². The molecular weight excluding hydrogens is 352 g/mol. The Kier molecular flexibility index (Phi) is 7.04. The first-order valence-corrected chi connectivity index (χ1v) is 8.76. The first-order chi connectivity index (χ1) is 12.4. The highest BCUT2D eigenvalue weighted by Gasteiger charge is 2.25. The molecule has 2 aromatic rings. The first-order valence-electron chi connectivity index (χ1n) is 8.38. The highest BCUT2D eigenvalue weighted by molar-refractivity contribution is 6.33. The van der Waals surface area contributed by atoms with E-state index in [1.54, 1.807) is 31.4 Å². The molecule has 0 spiro atoms. The number of methoxy groups -OCH3 is 1. The van der Waals surface area contributed by atoms with Gasteiger partial charge in [-0.3, -0.25) is 9.59 Å². The van der Waals surface area contributed by atoms with E-state index < -0.39 is 6.04 Å². The van der Waals surface area contributed by atoms with E-state index in [0.717, 1.165) is 11.3 Å². The van der Waals surface area contributed by atoms with Crippen molar-refractivity contribution in [3.8, 4) is 5.75 Å². The molecule has 0 saturated heterocycles. The van der Waals surface area contributed by atoms with Gasteiger partial charge in [0, 0.05) is 6.54 Å². The number of amides is 2. The molecule has 0 fully saturated rings. The molecule has 2 aromatic carbocycles. The van der Waals surface area contributed by atoms with Gasteiger partial charge in [0.15, 0.2) is 0 Å². The van der Waals surface area contributed by atoms with Gasteiger partial charge >= 0.3 is 0 Å². The van der Waals surface area contributed by atoms with Crippen LogP contribution in [-0.2, 0) is 11.3 Å². The number of ether oxygens (including phenoxy) is 1. The van der Waals surface area contributed by atoms with Crippen molar-refractivity contribution in [3.05, 3.63) is 64.7 Å². The van der Waals surface area contributed by atoms with Gasteiger partial charge in [0.05, 0.1) is 17.7 Å². The molecule has 2 rings (SSSR count). The summed E-state index contributed by atoms with van der Waals surface area (Å²) in [6, 6.07) is 13.5. The van der Waals surface area contributed by atoms with Crippen LogP contribution in [0.5, 0.6) is 5.75 Å². The van der Waals surface area contributed by atoms with Crippen LogP contribution in [0, 0.1) is 5.92 Å². The summed E-state index contributed by atoms with van der Waals surface area (Å²) in [5, 5.41) is 5.99. The number of nitrogens with one attached hydrogen (secondary N) is 2. The summed E-state index contributed by atoms with van der Waals surface area (Å²) < 4.78 is 5.11. The summed E-state index contributed by atoms with van der Waals surface area (Å²) in [5.41, 5.74) is 1.29. The standard InChI is InChI=1S/C20H23ClN2O3/c1-13(2)18(23-19(24)16-6-4-5-7-17(16)21)20(25)22-12-14-8-10-15(26-3)11-9-14/h4-11,13,18H,12H2,1-3H3,(H,22,25)(H,23,24)/t18-/m0/s1. The van der Waals surface area contributed by atoms with Crippen LogP contribution >= 0.6 is 11.6 Å². The average molecular weight is 375 g/mol. The predicted octanol–water partition coefficient (Wildman–Crippen LogP) is 3.42. The summed E-state index contributed by atoms with van der Waals surface area (Å²) in [4.78, 5) is 25.0. The van der Waals surface area contributed by atoms with E-state index in [1.807, 2.05) is 38.1 Å². The van der Waals surface area contributed by atoms with Crippen LogP contribution in [0.2, 0.25) is 5.02 Å². The van der Waals surface area contributed by atoms with Crippen molar-refractivity contribution in [2.45, 2.75) is 26.4 Å². The molecule has 0 aliphatic carbocycles. The fourth-order valence-corrected chi connectivity index (χ4v) is 2.66. The molecule has 1 atom stereocenters. The normalized spacial score (nSPS) is 11.7. The van der Waals surface area contributed by atoms with Gasteiger partial charge < -0.3 is 15.4 Å². The minimum absolute atomic E-state index is 0.0719.